The Morgan fingerprint density at radius 2 is 2.29 bits per heavy atom. The summed E-state index contributed by atoms with van der Waals surface area (Å²) < 4.78 is 1.49. The van der Waals surface area contributed by atoms with E-state index in [1.165, 1.54) is 4.68 Å². The van der Waals surface area contributed by atoms with Gasteiger partial charge in [0.2, 0.25) is 5.95 Å². The molecule has 8 nitrogen and oxygen atoms in total. The quantitative estimate of drug-likeness (QED) is 0.572. The average molecular weight is 193 g/mol. The largest absolute Gasteiger partial charge is 0.368 e. The highest BCUT2D eigenvalue weighted by atomic mass is 16.1. The predicted octanol–water partition coefficient (Wildman–Crippen LogP) is -1.46. The first-order valence-electron chi connectivity index (χ1n) is 3.75. The first-order chi connectivity index (χ1) is 6.65. The number of anilines is 1. The van der Waals surface area contributed by atoms with E-state index in [0.29, 0.717) is 5.69 Å². The third kappa shape index (κ3) is 1.44. The number of nitrogen functional groups attached to an aromatic ring is 1. The van der Waals surface area contributed by atoms with Gasteiger partial charge in [-0.25, -0.2) is 4.79 Å². The summed E-state index contributed by atoms with van der Waals surface area (Å²) in [6.45, 7) is 0. The molecule has 3 N–H and O–H groups in total. The van der Waals surface area contributed by atoms with Crippen molar-refractivity contribution < 1.29 is 0 Å². The van der Waals surface area contributed by atoms with E-state index in [4.69, 9.17) is 5.73 Å². The molecule has 0 fully saturated rings. The number of aromatic amines is 1. The lowest BCUT2D eigenvalue weighted by atomic mass is 10.4. The van der Waals surface area contributed by atoms with Gasteiger partial charge in [0.15, 0.2) is 5.82 Å². The van der Waals surface area contributed by atoms with E-state index in [-0.39, 0.29) is 11.8 Å². The van der Waals surface area contributed by atoms with Crippen LogP contribution in [0, 0.1) is 0 Å². The number of aromatic nitrogens is 6. The topological polar surface area (TPSA) is 115 Å². The maximum absolute atomic E-state index is 10.9. The third-order valence-electron chi connectivity index (χ3n) is 1.51. The Bertz CT molecular complexity index is 513. The predicted molar refractivity (Wildman–Crippen MR) is 47.1 cm³/mol. The van der Waals surface area contributed by atoms with Crippen LogP contribution in [0.2, 0.25) is 0 Å². The van der Waals surface area contributed by atoms with E-state index in [1.807, 2.05) is 0 Å². The Hall–Kier alpha value is -2.25. The van der Waals surface area contributed by atoms with Gasteiger partial charge in [-0.2, -0.15) is 9.97 Å². The normalized spacial score (nSPS) is 10.4. The summed E-state index contributed by atoms with van der Waals surface area (Å²) in [6.07, 6.45) is 1.61. The van der Waals surface area contributed by atoms with Gasteiger partial charge in [0.05, 0.1) is 6.20 Å². The van der Waals surface area contributed by atoms with Crippen LogP contribution in [-0.2, 0) is 7.05 Å². The van der Waals surface area contributed by atoms with Gasteiger partial charge in [-0.15, -0.1) is 5.10 Å². The molecule has 0 unspecified atom stereocenters. The monoisotopic (exact) mass is 193 g/mol. The second kappa shape index (κ2) is 2.91. The maximum atomic E-state index is 10.9. The van der Waals surface area contributed by atoms with Crippen molar-refractivity contribution >= 4 is 5.95 Å². The summed E-state index contributed by atoms with van der Waals surface area (Å²) in [5.74, 6) is 0.171. The van der Waals surface area contributed by atoms with Gasteiger partial charge in [0.1, 0.15) is 5.69 Å². The van der Waals surface area contributed by atoms with Crippen LogP contribution in [-0.4, -0.2) is 29.9 Å². The standard InChI is InChI=1S/C6H7N7O/c1-13-2-3(11-12-13)4-8-5(7)10-6(14)9-4/h2H,1H3,(H3,7,8,9,10,14). The van der Waals surface area contributed by atoms with E-state index in [9.17, 15) is 4.79 Å². The van der Waals surface area contributed by atoms with Crippen molar-refractivity contribution in [2.24, 2.45) is 7.05 Å². The number of rotatable bonds is 1. The Labute approximate surface area is 77.8 Å². The molecule has 8 heteroatoms. The minimum atomic E-state index is -0.557. The van der Waals surface area contributed by atoms with E-state index in [1.54, 1.807) is 13.2 Å². The van der Waals surface area contributed by atoms with Gasteiger partial charge in [-0.1, -0.05) is 5.21 Å². The summed E-state index contributed by atoms with van der Waals surface area (Å²) in [4.78, 5) is 20.5. The molecule has 0 saturated carbocycles. The van der Waals surface area contributed by atoms with Crippen LogP contribution in [0.1, 0.15) is 0 Å². The number of nitrogens with two attached hydrogens (primary N) is 1. The lowest BCUT2D eigenvalue weighted by Gasteiger charge is -1.94. The zero-order valence-corrected chi connectivity index (χ0v) is 7.30. The molecule has 0 aromatic carbocycles. The van der Waals surface area contributed by atoms with Gasteiger partial charge in [-0.3, -0.25) is 9.67 Å². The molecule has 0 bridgehead atoms. The summed E-state index contributed by atoms with van der Waals surface area (Å²) in [6, 6.07) is 0. The van der Waals surface area contributed by atoms with Crippen LogP contribution in [0.5, 0.6) is 0 Å². The minimum Gasteiger partial charge on any atom is -0.368 e. The molecule has 2 rings (SSSR count). The van der Waals surface area contributed by atoms with Crippen molar-refractivity contribution in [3.8, 4) is 11.5 Å². The lowest BCUT2D eigenvalue weighted by Crippen LogP contribution is -2.15. The van der Waals surface area contributed by atoms with E-state index in [0.717, 1.165) is 0 Å². The molecule has 0 radical (unpaired) electrons. The van der Waals surface area contributed by atoms with Crippen molar-refractivity contribution in [2.75, 3.05) is 5.73 Å². The molecule has 0 aliphatic carbocycles. The van der Waals surface area contributed by atoms with Crippen molar-refractivity contribution in [1.82, 2.24) is 29.9 Å². The van der Waals surface area contributed by atoms with Gasteiger partial charge in [0.25, 0.3) is 0 Å². The number of H-pyrrole nitrogens is 1. The molecule has 0 aliphatic heterocycles. The zero-order chi connectivity index (χ0) is 10.1. The van der Waals surface area contributed by atoms with Crippen LogP contribution in [0.4, 0.5) is 5.95 Å². The third-order valence-corrected chi connectivity index (χ3v) is 1.51. The second-order valence-electron chi connectivity index (χ2n) is 2.64. The zero-order valence-electron chi connectivity index (χ0n) is 7.30. The van der Waals surface area contributed by atoms with Crippen LogP contribution >= 0.6 is 0 Å². The SMILES string of the molecule is Cn1cc(-c2nc(N)nc(=O)[nH]2)nn1. The smallest absolute Gasteiger partial charge is 0.349 e. The van der Waals surface area contributed by atoms with Gasteiger partial charge in [0, 0.05) is 7.05 Å². The van der Waals surface area contributed by atoms with Gasteiger partial charge in [-0.05, 0) is 0 Å². The van der Waals surface area contributed by atoms with Crippen LogP contribution < -0.4 is 11.4 Å². The average Bonchev–Trinajstić information content (AvgIpc) is 2.50. The minimum absolute atomic E-state index is 0.0885. The van der Waals surface area contributed by atoms with Crippen molar-refractivity contribution in [3.63, 3.8) is 0 Å². The molecule has 0 spiro atoms. The maximum Gasteiger partial charge on any atom is 0.349 e. The fourth-order valence-electron chi connectivity index (χ4n) is 0.978. The first kappa shape index (κ1) is 8.35. The summed E-state index contributed by atoms with van der Waals surface area (Å²) in [5, 5.41) is 7.46. The van der Waals surface area contributed by atoms with Crippen molar-refractivity contribution in [3.05, 3.63) is 16.7 Å². The number of nitrogens with one attached hydrogen (secondary N) is 1. The van der Waals surface area contributed by atoms with Crippen LogP contribution in [0.3, 0.4) is 0 Å². The van der Waals surface area contributed by atoms with Gasteiger partial charge >= 0.3 is 5.69 Å². The van der Waals surface area contributed by atoms with E-state index >= 15 is 0 Å². The Morgan fingerprint density at radius 1 is 1.50 bits per heavy atom. The molecule has 0 aliphatic rings. The molecule has 2 heterocycles. The van der Waals surface area contributed by atoms with Crippen LogP contribution in [0.15, 0.2) is 11.0 Å². The molecule has 14 heavy (non-hydrogen) atoms. The molecular formula is C6H7N7O. The van der Waals surface area contributed by atoms with Crippen molar-refractivity contribution in [1.29, 1.82) is 0 Å². The highest BCUT2D eigenvalue weighted by Crippen LogP contribution is 2.07. The molecule has 2 aromatic rings. The Kier molecular flexibility index (Phi) is 1.73. The van der Waals surface area contributed by atoms with Gasteiger partial charge < -0.3 is 5.73 Å². The highest BCUT2D eigenvalue weighted by Gasteiger charge is 2.06. The summed E-state index contributed by atoms with van der Waals surface area (Å²) >= 11 is 0. The number of aryl methyl sites for hydroxylation is 1. The Balaban J connectivity index is 2.56. The highest BCUT2D eigenvalue weighted by molar-refractivity contribution is 5.47. The molecule has 0 saturated heterocycles. The van der Waals surface area contributed by atoms with E-state index in [2.05, 4.69) is 25.3 Å². The molecular weight excluding hydrogens is 186 g/mol. The Morgan fingerprint density at radius 3 is 2.86 bits per heavy atom. The molecule has 0 atom stereocenters. The lowest BCUT2D eigenvalue weighted by molar-refractivity contribution is 0.715. The fraction of sp³-hybridized carbons (Fsp3) is 0.167. The molecule has 2 aromatic heterocycles. The molecule has 72 valence electrons. The summed E-state index contributed by atoms with van der Waals surface area (Å²) in [7, 11) is 1.71. The first-order valence-corrected chi connectivity index (χ1v) is 3.75. The number of hydrogen-bond donors (Lipinski definition) is 2. The fourth-order valence-corrected chi connectivity index (χ4v) is 0.978. The van der Waals surface area contributed by atoms with E-state index < -0.39 is 5.69 Å². The second-order valence-corrected chi connectivity index (χ2v) is 2.64. The molecule has 0 amide bonds. The number of hydrogen-bond acceptors (Lipinski definition) is 6. The number of nitrogens with zero attached hydrogens (tertiary/aromatic N) is 5. The summed E-state index contributed by atoms with van der Waals surface area (Å²) in [5.41, 5.74) is 5.19. The van der Waals surface area contributed by atoms with Crippen molar-refractivity contribution in [2.45, 2.75) is 0 Å². The van der Waals surface area contributed by atoms with Crippen LogP contribution in [0.25, 0.3) is 11.5 Å².